The van der Waals surface area contributed by atoms with Gasteiger partial charge in [0.05, 0.1) is 0 Å². The molecule has 0 aliphatic rings. The predicted molar refractivity (Wildman–Crippen MR) is 126 cm³/mol. The average molecular weight is 424 g/mol. The van der Waals surface area contributed by atoms with Crippen LogP contribution in [-0.2, 0) is 22.4 Å². The van der Waals surface area contributed by atoms with E-state index in [4.69, 9.17) is 5.73 Å². The maximum atomic E-state index is 13.1. The average Bonchev–Trinajstić information content (AvgIpc) is 2.77. The highest BCUT2D eigenvalue weighted by atomic mass is 16.2. The highest BCUT2D eigenvalue weighted by Crippen LogP contribution is 2.12. The minimum atomic E-state index is -0.604. The molecule has 2 rings (SSSR count). The van der Waals surface area contributed by atoms with Crippen molar-refractivity contribution in [2.45, 2.75) is 65.1 Å². The molecule has 168 valence electrons. The maximum absolute atomic E-state index is 13.1. The molecule has 2 aromatic carbocycles. The zero-order valence-corrected chi connectivity index (χ0v) is 19.2. The summed E-state index contributed by atoms with van der Waals surface area (Å²) < 4.78 is 0. The second kappa shape index (κ2) is 12.3. The molecular formula is C26H37N3O2. The van der Waals surface area contributed by atoms with E-state index in [-0.39, 0.29) is 35.7 Å². The largest absolute Gasteiger partial charge is 0.350 e. The van der Waals surface area contributed by atoms with E-state index < -0.39 is 6.04 Å². The van der Waals surface area contributed by atoms with Gasteiger partial charge in [-0.15, -0.1) is 0 Å². The quantitative estimate of drug-likeness (QED) is 0.517. The van der Waals surface area contributed by atoms with Crippen LogP contribution < -0.4 is 16.4 Å². The van der Waals surface area contributed by atoms with Crippen LogP contribution in [0, 0.1) is 11.8 Å². The van der Waals surface area contributed by atoms with E-state index in [0.717, 1.165) is 17.5 Å². The molecule has 0 bridgehead atoms. The number of benzene rings is 2. The van der Waals surface area contributed by atoms with E-state index in [2.05, 4.69) is 10.6 Å². The van der Waals surface area contributed by atoms with Crippen LogP contribution in [0.2, 0.25) is 0 Å². The SMILES string of the molecule is CC[C@H](N)C(Cc1ccccc1)NC(=O)C(NC(=O)C(C)Cc1ccccc1)C(C)C. The Morgan fingerprint density at radius 1 is 0.806 bits per heavy atom. The summed E-state index contributed by atoms with van der Waals surface area (Å²) in [6.45, 7) is 7.79. The van der Waals surface area contributed by atoms with Crippen molar-refractivity contribution in [1.29, 1.82) is 0 Å². The van der Waals surface area contributed by atoms with Gasteiger partial charge in [0.15, 0.2) is 0 Å². The van der Waals surface area contributed by atoms with Crippen molar-refractivity contribution in [3.63, 3.8) is 0 Å². The van der Waals surface area contributed by atoms with Crippen molar-refractivity contribution in [2.24, 2.45) is 17.6 Å². The van der Waals surface area contributed by atoms with Gasteiger partial charge in [0.2, 0.25) is 11.8 Å². The zero-order valence-electron chi connectivity index (χ0n) is 19.2. The first-order valence-electron chi connectivity index (χ1n) is 11.3. The van der Waals surface area contributed by atoms with Gasteiger partial charge < -0.3 is 16.4 Å². The Balaban J connectivity index is 2.04. The number of rotatable bonds is 11. The van der Waals surface area contributed by atoms with Gasteiger partial charge in [-0.2, -0.15) is 0 Å². The van der Waals surface area contributed by atoms with E-state index in [0.29, 0.717) is 12.8 Å². The van der Waals surface area contributed by atoms with Gasteiger partial charge in [0, 0.05) is 18.0 Å². The first-order valence-corrected chi connectivity index (χ1v) is 11.3. The lowest BCUT2D eigenvalue weighted by molar-refractivity contribution is -0.132. The first-order chi connectivity index (χ1) is 14.8. The fourth-order valence-electron chi connectivity index (χ4n) is 3.63. The molecule has 4 atom stereocenters. The number of carbonyl (C=O) groups excluding carboxylic acids is 2. The molecule has 2 amide bonds. The molecular weight excluding hydrogens is 386 g/mol. The van der Waals surface area contributed by atoms with Gasteiger partial charge in [-0.05, 0) is 36.3 Å². The number of amides is 2. The molecule has 31 heavy (non-hydrogen) atoms. The highest BCUT2D eigenvalue weighted by molar-refractivity contribution is 5.88. The second-order valence-corrected chi connectivity index (χ2v) is 8.70. The smallest absolute Gasteiger partial charge is 0.243 e. The topological polar surface area (TPSA) is 84.2 Å². The molecule has 0 aliphatic carbocycles. The third-order valence-corrected chi connectivity index (χ3v) is 5.69. The summed E-state index contributed by atoms with van der Waals surface area (Å²) in [5.74, 6) is -0.560. The lowest BCUT2D eigenvalue weighted by Crippen LogP contribution is -2.57. The van der Waals surface area contributed by atoms with Gasteiger partial charge in [0.1, 0.15) is 6.04 Å². The van der Waals surface area contributed by atoms with E-state index >= 15 is 0 Å². The van der Waals surface area contributed by atoms with Crippen LogP contribution in [0.3, 0.4) is 0 Å². The van der Waals surface area contributed by atoms with Gasteiger partial charge in [-0.1, -0.05) is 88.4 Å². The van der Waals surface area contributed by atoms with Crippen LogP contribution in [-0.4, -0.2) is 29.9 Å². The number of nitrogens with two attached hydrogens (primary N) is 1. The van der Waals surface area contributed by atoms with E-state index in [1.165, 1.54) is 0 Å². The number of nitrogens with one attached hydrogen (secondary N) is 2. The molecule has 0 aromatic heterocycles. The molecule has 0 saturated heterocycles. The first kappa shape index (κ1) is 24.6. The summed E-state index contributed by atoms with van der Waals surface area (Å²) in [6.07, 6.45) is 2.05. The maximum Gasteiger partial charge on any atom is 0.243 e. The van der Waals surface area contributed by atoms with Crippen LogP contribution in [0.1, 0.15) is 45.2 Å². The van der Waals surface area contributed by atoms with Crippen LogP contribution in [0.5, 0.6) is 0 Å². The van der Waals surface area contributed by atoms with E-state index in [1.54, 1.807) is 0 Å². The highest BCUT2D eigenvalue weighted by Gasteiger charge is 2.29. The predicted octanol–water partition coefficient (Wildman–Crippen LogP) is 3.47. The van der Waals surface area contributed by atoms with Gasteiger partial charge in [0.25, 0.3) is 0 Å². The summed E-state index contributed by atoms with van der Waals surface area (Å²) in [4.78, 5) is 26.0. The van der Waals surface area contributed by atoms with Crippen molar-refractivity contribution in [3.05, 3.63) is 71.8 Å². The van der Waals surface area contributed by atoms with Gasteiger partial charge in [-0.3, -0.25) is 9.59 Å². The van der Waals surface area contributed by atoms with Crippen molar-refractivity contribution < 1.29 is 9.59 Å². The summed E-state index contributed by atoms with van der Waals surface area (Å²) in [5.41, 5.74) is 8.55. The molecule has 5 heteroatoms. The number of carbonyl (C=O) groups is 2. The fourth-order valence-corrected chi connectivity index (χ4v) is 3.63. The Morgan fingerprint density at radius 2 is 1.32 bits per heavy atom. The Morgan fingerprint density at radius 3 is 1.81 bits per heavy atom. The van der Waals surface area contributed by atoms with Crippen molar-refractivity contribution in [2.75, 3.05) is 0 Å². The van der Waals surface area contributed by atoms with Gasteiger partial charge >= 0.3 is 0 Å². The Labute approximate surface area is 186 Å². The van der Waals surface area contributed by atoms with Crippen molar-refractivity contribution in [1.82, 2.24) is 10.6 Å². The molecule has 0 saturated carbocycles. The molecule has 4 N–H and O–H groups in total. The summed E-state index contributed by atoms with van der Waals surface area (Å²) in [7, 11) is 0. The number of hydrogen-bond acceptors (Lipinski definition) is 3. The summed E-state index contributed by atoms with van der Waals surface area (Å²) >= 11 is 0. The third-order valence-electron chi connectivity index (χ3n) is 5.69. The Kier molecular flexibility index (Phi) is 9.73. The minimum absolute atomic E-state index is 0.0388. The van der Waals surface area contributed by atoms with Crippen molar-refractivity contribution in [3.8, 4) is 0 Å². The fraction of sp³-hybridized carbons (Fsp3) is 0.462. The molecule has 0 heterocycles. The normalized spacial score (nSPS) is 15.0. The molecule has 0 fully saturated rings. The lowest BCUT2D eigenvalue weighted by atomic mass is 9.95. The third kappa shape index (κ3) is 7.83. The molecule has 0 aliphatic heterocycles. The van der Waals surface area contributed by atoms with Crippen LogP contribution in [0.25, 0.3) is 0 Å². The monoisotopic (exact) mass is 423 g/mol. The molecule has 2 aromatic rings. The lowest BCUT2D eigenvalue weighted by Gasteiger charge is -2.29. The minimum Gasteiger partial charge on any atom is -0.350 e. The molecule has 0 radical (unpaired) electrons. The zero-order chi connectivity index (χ0) is 22.8. The molecule has 0 spiro atoms. The van der Waals surface area contributed by atoms with Crippen molar-refractivity contribution >= 4 is 11.8 Å². The van der Waals surface area contributed by atoms with Crippen LogP contribution in [0.15, 0.2) is 60.7 Å². The Hall–Kier alpha value is -2.66. The van der Waals surface area contributed by atoms with Crippen LogP contribution in [0.4, 0.5) is 0 Å². The van der Waals surface area contributed by atoms with Crippen LogP contribution >= 0.6 is 0 Å². The summed E-state index contributed by atoms with van der Waals surface area (Å²) in [5, 5.41) is 6.08. The van der Waals surface area contributed by atoms with Gasteiger partial charge in [-0.25, -0.2) is 0 Å². The molecule has 3 unspecified atom stereocenters. The number of hydrogen-bond donors (Lipinski definition) is 3. The second-order valence-electron chi connectivity index (χ2n) is 8.70. The van der Waals surface area contributed by atoms with E-state index in [1.807, 2.05) is 88.4 Å². The summed E-state index contributed by atoms with van der Waals surface area (Å²) in [6, 6.07) is 19.0. The standard InChI is InChI=1S/C26H37N3O2/c1-5-22(27)23(17-21-14-10-7-11-15-21)28-26(31)24(18(2)3)29-25(30)19(4)16-20-12-8-6-9-13-20/h6-15,18-19,22-24H,5,16-17,27H2,1-4H3,(H,28,31)(H,29,30)/t19?,22-,23?,24?/m0/s1. The Bertz CT molecular complexity index is 808. The van der Waals surface area contributed by atoms with E-state index in [9.17, 15) is 9.59 Å². The molecule has 5 nitrogen and oxygen atoms in total.